The Morgan fingerprint density at radius 2 is 2.18 bits per heavy atom. The van der Waals surface area contributed by atoms with E-state index in [-0.39, 0.29) is 49.4 Å². The lowest BCUT2D eigenvalue weighted by atomic mass is 9.91. The van der Waals surface area contributed by atoms with Crippen LogP contribution in [0.1, 0.15) is 40.3 Å². The molecule has 2 aromatic heterocycles. The Balaban J connectivity index is 1.43. The average molecular weight is 501 g/mol. The van der Waals surface area contributed by atoms with E-state index in [0.717, 1.165) is 0 Å². The molecule has 4 rings (SSSR count). The van der Waals surface area contributed by atoms with Crippen molar-refractivity contribution < 1.29 is 27.9 Å². The number of carbonyl (C=O) groups is 1. The molecule has 12 heteroatoms. The van der Waals surface area contributed by atoms with Gasteiger partial charge >= 0.3 is 13.6 Å². The number of esters is 1. The molecule has 33 heavy (non-hydrogen) atoms. The summed E-state index contributed by atoms with van der Waals surface area (Å²) in [6.45, 7) is 7.42. The number of alkyl halides is 1. The predicted molar refractivity (Wildman–Crippen MR) is 123 cm³/mol. The number of nitrogens with two attached hydrogens (primary N) is 1. The molecule has 2 aromatic rings. The summed E-state index contributed by atoms with van der Waals surface area (Å²) >= 11 is 7.03. The number of carbonyl (C=O) groups excluding carboxylic acids is 1. The molecule has 6 atom stereocenters. The normalized spacial score (nSPS) is 32.7. The first-order valence-corrected chi connectivity index (χ1v) is 13.1. The van der Waals surface area contributed by atoms with Crippen LogP contribution in [0.25, 0.3) is 11.0 Å². The topological polar surface area (TPSA) is 128 Å². The second-order valence-corrected chi connectivity index (χ2v) is 12.0. The van der Waals surface area contributed by atoms with Crippen LogP contribution in [-0.2, 0) is 27.9 Å². The molecule has 0 aromatic carbocycles. The van der Waals surface area contributed by atoms with Crippen molar-refractivity contribution >= 4 is 42.0 Å². The van der Waals surface area contributed by atoms with Crippen LogP contribution in [0.15, 0.2) is 18.6 Å². The van der Waals surface area contributed by atoms with Crippen molar-refractivity contribution in [3.8, 4) is 0 Å². The standard InChI is InChI=1S/C21H30ClN4O6P/c1-12(2)31-19(27)13(3)6-8-29-33(28)10-15-16(9-30-33)32-20(21(15,4)22)26-7-5-14-17(23)24-11-25-18(14)26/h5,7,11-13,15-16,20H,6,8-10H2,1-4H3,(H2,23,24,25)/t13-,15+,16+,20+,21+,33?/m0/s1. The molecular weight excluding hydrogens is 471 g/mol. The Morgan fingerprint density at radius 1 is 1.42 bits per heavy atom. The van der Waals surface area contributed by atoms with Gasteiger partial charge in [-0.05, 0) is 33.3 Å². The molecule has 0 spiro atoms. The smallest absolute Gasteiger partial charge is 0.331 e. The Bertz CT molecular complexity index is 1080. The zero-order valence-corrected chi connectivity index (χ0v) is 20.8. The first kappa shape index (κ1) is 24.4. The number of halogens is 1. The molecule has 0 aliphatic carbocycles. The van der Waals surface area contributed by atoms with Crippen molar-refractivity contribution in [2.45, 2.75) is 57.4 Å². The molecule has 10 nitrogen and oxygen atoms in total. The molecule has 1 unspecified atom stereocenters. The molecule has 0 saturated carbocycles. The van der Waals surface area contributed by atoms with Gasteiger partial charge in [0.25, 0.3) is 0 Å². The van der Waals surface area contributed by atoms with Gasteiger partial charge in [-0.1, -0.05) is 6.92 Å². The highest BCUT2D eigenvalue weighted by atomic mass is 35.5. The highest BCUT2D eigenvalue weighted by Gasteiger charge is 2.58. The van der Waals surface area contributed by atoms with Gasteiger partial charge in [0.1, 0.15) is 17.8 Å². The fraction of sp³-hybridized carbons (Fsp3) is 0.667. The minimum absolute atomic E-state index is 0.0992. The molecule has 182 valence electrons. The Labute approximate surface area is 197 Å². The molecule has 2 aliphatic rings. The number of fused-ring (bicyclic) bond motifs is 2. The number of rotatable bonds is 7. The van der Waals surface area contributed by atoms with Crippen molar-refractivity contribution in [1.82, 2.24) is 14.5 Å². The highest BCUT2D eigenvalue weighted by Crippen LogP contribution is 2.61. The van der Waals surface area contributed by atoms with E-state index in [1.54, 1.807) is 20.8 Å². The first-order chi connectivity index (χ1) is 15.5. The zero-order chi connectivity index (χ0) is 24.0. The third-order valence-corrected chi connectivity index (χ3v) is 8.63. The molecule has 0 bridgehead atoms. The minimum Gasteiger partial charge on any atom is -0.463 e. The number of ether oxygens (including phenoxy) is 2. The number of nitrogen functional groups attached to an aromatic ring is 1. The molecule has 0 amide bonds. The molecule has 2 N–H and O–H groups in total. The van der Waals surface area contributed by atoms with Crippen LogP contribution in [0.3, 0.4) is 0 Å². The third kappa shape index (κ3) is 4.77. The summed E-state index contributed by atoms with van der Waals surface area (Å²) in [6, 6.07) is 1.82. The molecule has 4 heterocycles. The van der Waals surface area contributed by atoms with Crippen LogP contribution >= 0.6 is 19.2 Å². The van der Waals surface area contributed by atoms with Crippen LogP contribution in [0, 0.1) is 11.8 Å². The lowest BCUT2D eigenvalue weighted by Crippen LogP contribution is -2.40. The highest BCUT2D eigenvalue weighted by molar-refractivity contribution is 7.53. The zero-order valence-electron chi connectivity index (χ0n) is 19.1. The largest absolute Gasteiger partial charge is 0.463 e. The van der Waals surface area contributed by atoms with Crippen LogP contribution in [0.4, 0.5) is 5.82 Å². The van der Waals surface area contributed by atoms with E-state index in [0.29, 0.717) is 23.3 Å². The maximum absolute atomic E-state index is 13.3. The van der Waals surface area contributed by atoms with Gasteiger partial charge in [0.05, 0.1) is 47.8 Å². The quantitative estimate of drug-likeness (QED) is 0.343. The molecular formula is C21H30ClN4O6P. The van der Waals surface area contributed by atoms with Crippen LogP contribution in [0.2, 0.25) is 0 Å². The van der Waals surface area contributed by atoms with Gasteiger partial charge in [-0.3, -0.25) is 9.36 Å². The van der Waals surface area contributed by atoms with E-state index in [1.165, 1.54) is 6.33 Å². The maximum Gasteiger partial charge on any atom is 0.331 e. The van der Waals surface area contributed by atoms with Gasteiger partial charge < -0.3 is 28.8 Å². The number of hydrogen-bond donors (Lipinski definition) is 1. The van der Waals surface area contributed by atoms with Crippen LogP contribution in [-0.4, -0.2) is 57.0 Å². The van der Waals surface area contributed by atoms with E-state index >= 15 is 0 Å². The summed E-state index contributed by atoms with van der Waals surface area (Å²) in [4.78, 5) is 19.4. The van der Waals surface area contributed by atoms with Crippen molar-refractivity contribution in [3.63, 3.8) is 0 Å². The van der Waals surface area contributed by atoms with Crippen LogP contribution in [0.5, 0.6) is 0 Å². The van der Waals surface area contributed by atoms with Crippen molar-refractivity contribution in [3.05, 3.63) is 18.6 Å². The van der Waals surface area contributed by atoms with Gasteiger partial charge in [0.15, 0.2) is 6.23 Å². The van der Waals surface area contributed by atoms with E-state index in [1.807, 2.05) is 23.8 Å². The van der Waals surface area contributed by atoms with E-state index in [2.05, 4.69) is 9.97 Å². The third-order valence-electron chi connectivity index (χ3n) is 6.20. The van der Waals surface area contributed by atoms with E-state index in [9.17, 15) is 9.36 Å². The van der Waals surface area contributed by atoms with Crippen molar-refractivity contribution in [2.75, 3.05) is 25.1 Å². The number of hydrogen-bond acceptors (Lipinski definition) is 9. The number of aromatic nitrogens is 3. The van der Waals surface area contributed by atoms with Crippen LogP contribution < -0.4 is 5.73 Å². The Hall–Kier alpha value is -1.71. The number of anilines is 1. The monoisotopic (exact) mass is 500 g/mol. The SMILES string of the molecule is CC(C)OC(=O)[C@@H](C)CCOP1(=O)C[C@@H]2[C@@H](CO1)O[C@@H](n1ccc3c(N)ncnc31)[C@]2(C)Cl. The number of nitrogens with zero attached hydrogens (tertiary/aromatic N) is 3. The second-order valence-electron chi connectivity index (χ2n) is 9.10. The minimum atomic E-state index is -3.41. The summed E-state index contributed by atoms with van der Waals surface area (Å²) in [5.41, 5.74) is 6.57. The second kappa shape index (κ2) is 9.15. The van der Waals surface area contributed by atoms with Crippen molar-refractivity contribution in [1.29, 1.82) is 0 Å². The Kier molecular flexibility index (Phi) is 6.77. The van der Waals surface area contributed by atoms with Crippen molar-refractivity contribution in [2.24, 2.45) is 11.8 Å². The maximum atomic E-state index is 13.3. The van der Waals surface area contributed by atoms with Gasteiger partial charge in [-0.2, -0.15) is 0 Å². The molecule has 0 radical (unpaired) electrons. The fourth-order valence-corrected chi connectivity index (χ4v) is 6.94. The van der Waals surface area contributed by atoms with Gasteiger partial charge in [-0.15, -0.1) is 11.6 Å². The summed E-state index contributed by atoms with van der Waals surface area (Å²) < 4.78 is 37.9. The van der Waals surface area contributed by atoms with E-state index in [4.69, 9.17) is 35.9 Å². The lowest BCUT2D eigenvalue weighted by Gasteiger charge is -2.35. The summed E-state index contributed by atoms with van der Waals surface area (Å²) in [5.74, 6) is -0.576. The molecule has 2 saturated heterocycles. The predicted octanol–water partition coefficient (Wildman–Crippen LogP) is 3.74. The molecule has 2 aliphatic heterocycles. The molecule has 2 fully saturated rings. The van der Waals surface area contributed by atoms with Gasteiger partial charge in [0, 0.05) is 12.1 Å². The average Bonchev–Trinajstić information content (AvgIpc) is 3.27. The first-order valence-electron chi connectivity index (χ1n) is 11.0. The van der Waals surface area contributed by atoms with E-state index < -0.39 is 18.7 Å². The fourth-order valence-electron chi connectivity index (χ4n) is 4.31. The Morgan fingerprint density at radius 3 is 2.91 bits per heavy atom. The summed E-state index contributed by atoms with van der Waals surface area (Å²) in [5, 5.41) is 0.707. The summed E-state index contributed by atoms with van der Waals surface area (Å²) in [7, 11) is -3.41. The van der Waals surface area contributed by atoms with Gasteiger partial charge in [-0.25, -0.2) is 9.97 Å². The summed E-state index contributed by atoms with van der Waals surface area (Å²) in [6.07, 6.45) is 2.60. The lowest BCUT2D eigenvalue weighted by molar-refractivity contribution is -0.152. The van der Waals surface area contributed by atoms with Gasteiger partial charge in [0.2, 0.25) is 0 Å².